The number of likely N-dealkylation sites (tertiary alicyclic amines) is 1. The Labute approximate surface area is 152 Å². The number of aromatic amines is 1. The van der Waals surface area contributed by atoms with E-state index in [0.29, 0.717) is 11.6 Å². The van der Waals surface area contributed by atoms with Crippen LogP contribution in [-0.4, -0.2) is 45.9 Å². The summed E-state index contributed by atoms with van der Waals surface area (Å²) in [7, 11) is 1.86. The molecule has 134 valence electrons. The molecule has 0 bridgehead atoms. The number of fused-ring (bicyclic) bond motifs is 1. The topological polar surface area (TPSA) is 73.9 Å². The zero-order chi connectivity index (χ0) is 17.9. The maximum atomic E-state index is 12.9. The summed E-state index contributed by atoms with van der Waals surface area (Å²) in [6, 6.07) is 9.93. The van der Waals surface area contributed by atoms with Gasteiger partial charge in [-0.15, -0.1) is 0 Å². The molecular weight excluding hydrogens is 326 g/mol. The van der Waals surface area contributed by atoms with Gasteiger partial charge in [0, 0.05) is 43.4 Å². The summed E-state index contributed by atoms with van der Waals surface area (Å²) in [5, 5.41) is 4.17. The summed E-state index contributed by atoms with van der Waals surface area (Å²) < 4.78 is 0. The number of para-hydroxylation sites is 1. The van der Waals surface area contributed by atoms with E-state index in [2.05, 4.69) is 20.3 Å². The minimum atomic E-state index is 0.0823. The van der Waals surface area contributed by atoms with Gasteiger partial charge < -0.3 is 15.2 Å². The molecule has 2 aromatic heterocycles. The first kappa shape index (κ1) is 16.6. The summed E-state index contributed by atoms with van der Waals surface area (Å²) in [4.78, 5) is 27.0. The van der Waals surface area contributed by atoms with Crippen LogP contribution < -0.4 is 5.32 Å². The number of hydrogen-bond acceptors (Lipinski definition) is 4. The number of rotatable bonds is 4. The molecular formula is C20H23N5O. The first-order chi connectivity index (χ1) is 12.7. The average molecular weight is 349 g/mol. The van der Waals surface area contributed by atoms with Crippen LogP contribution in [0.15, 0.2) is 42.7 Å². The van der Waals surface area contributed by atoms with Crippen molar-refractivity contribution < 1.29 is 4.79 Å². The van der Waals surface area contributed by atoms with Crippen molar-refractivity contribution in [2.75, 3.05) is 25.5 Å². The molecule has 4 rings (SSSR count). The molecule has 0 radical (unpaired) electrons. The third kappa shape index (κ3) is 3.27. The van der Waals surface area contributed by atoms with Gasteiger partial charge in [0.1, 0.15) is 11.5 Å². The van der Waals surface area contributed by atoms with Crippen LogP contribution in [0.3, 0.4) is 0 Å². The van der Waals surface area contributed by atoms with Gasteiger partial charge in [-0.1, -0.05) is 18.2 Å². The zero-order valence-corrected chi connectivity index (χ0v) is 14.9. The number of nitrogens with one attached hydrogen (secondary N) is 2. The molecule has 0 aliphatic carbocycles. The van der Waals surface area contributed by atoms with Crippen molar-refractivity contribution >= 4 is 22.6 Å². The summed E-state index contributed by atoms with van der Waals surface area (Å²) in [5.74, 6) is 1.31. The van der Waals surface area contributed by atoms with E-state index >= 15 is 0 Å². The van der Waals surface area contributed by atoms with E-state index in [4.69, 9.17) is 0 Å². The Bertz CT molecular complexity index is 886. The average Bonchev–Trinajstić information content (AvgIpc) is 3.12. The van der Waals surface area contributed by atoms with Crippen molar-refractivity contribution in [2.24, 2.45) is 5.92 Å². The van der Waals surface area contributed by atoms with E-state index in [1.165, 1.54) is 0 Å². The number of H-pyrrole nitrogens is 1. The van der Waals surface area contributed by atoms with E-state index in [1.54, 1.807) is 12.4 Å². The summed E-state index contributed by atoms with van der Waals surface area (Å²) in [5.41, 5.74) is 2.64. The van der Waals surface area contributed by atoms with Gasteiger partial charge in [-0.05, 0) is 37.3 Å². The lowest BCUT2D eigenvalue weighted by molar-refractivity contribution is 0.0668. The van der Waals surface area contributed by atoms with Crippen LogP contribution in [0.1, 0.15) is 29.0 Å². The molecule has 1 fully saturated rings. The molecule has 0 spiro atoms. The van der Waals surface area contributed by atoms with Gasteiger partial charge in [-0.25, -0.2) is 4.98 Å². The predicted molar refractivity (Wildman–Crippen MR) is 102 cm³/mol. The van der Waals surface area contributed by atoms with Crippen LogP contribution in [0, 0.1) is 5.92 Å². The first-order valence-electron chi connectivity index (χ1n) is 9.09. The van der Waals surface area contributed by atoms with E-state index in [1.807, 2.05) is 42.3 Å². The molecule has 0 unspecified atom stereocenters. The third-order valence-electron chi connectivity index (χ3n) is 5.06. The Balaban J connectivity index is 1.48. The highest BCUT2D eigenvalue weighted by atomic mass is 16.2. The first-order valence-corrected chi connectivity index (χ1v) is 9.09. The molecule has 1 aliphatic heterocycles. The molecule has 2 N–H and O–H groups in total. The summed E-state index contributed by atoms with van der Waals surface area (Å²) >= 11 is 0. The molecule has 1 aromatic carbocycles. The second kappa shape index (κ2) is 7.15. The lowest BCUT2D eigenvalue weighted by Crippen LogP contribution is -2.40. The molecule has 6 heteroatoms. The Morgan fingerprint density at radius 2 is 2.15 bits per heavy atom. The maximum Gasteiger partial charge on any atom is 0.270 e. The number of benzene rings is 1. The monoisotopic (exact) mass is 349 g/mol. The van der Waals surface area contributed by atoms with Gasteiger partial charge in [0.15, 0.2) is 0 Å². The van der Waals surface area contributed by atoms with Crippen molar-refractivity contribution in [3.63, 3.8) is 0 Å². The Morgan fingerprint density at radius 3 is 3.00 bits per heavy atom. The van der Waals surface area contributed by atoms with Crippen LogP contribution in [0.2, 0.25) is 0 Å². The standard InChI is InChI=1S/C20H23N5O/c1-21-19-17(22-8-9-23-19)11-14-5-4-10-25(13-14)20(26)18-12-15-6-2-3-7-16(15)24-18/h2-3,6-9,12,14,24H,4-5,10-11,13H2,1H3,(H,21,23)/t14-/m1/s1. The number of amides is 1. The van der Waals surface area contributed by atoms with Crippen molar-refractivity contribution in [3.05, 3.63) is 54.1 Å². The molecule has 26 heavy (non-hydrogen) atoms. The molecule has 3 aromatic rings. The number of nitrogens with zero attached hydrogens (tertiary/aromatic N) is 3. The largest absolute Gasteiger partial charge is 0.372 e. The fourth-order valence-corrected chi connectivity index (χ4v) is 3.77. The number of aromatic nitrogens is 3. The van der Waals surface area contributed by atoms with Crippen molar-refractivity contribution in [1.29, 1.82) is 0 Å². The number of anilines is 1. The molecule has 1 saturated heterocycles. The van der Waals surface area contributed by atoms with Gasteiger partial charge in [0.2, 0.25) is 0 Å². The fourth-order valence-electron chi connectivity index (χ4n) is 3.77. The number of piperidine rings is 1. The lowest BCUT2D eigenvalue weighted by atomic mass is 9.93. The molecule has 1 amide bonds. The van der Waals surface area contributed by atoms with Crippen molar-refractivity contribution in [2.45, 2.75) is 19.3 Å². The van der Waals surface area contributed by atoms with Crippen molar-refractivity contribution in [1.82, 2.24) is 19.9 Å². The van der Waals surface area contributed by atoms with Crippen LogP contribution >= 0.6 is 0 Å². The molecule has 3 heterocycles. The van der Waals surface area contributed by atoms with E-state index in [0.717, 1.165) is 54.8 Å². The molecule has 1 atom stereocenters. The van der Waals surface area contributed by atoms with Crippen LogP contribution in [-0.2, 0) is 6.42 Å². The molecule has 1 aliphatic rings. The van der Waals surface area contributed by atoms with Crippen LogP contribution in [0.5, 0.6) is 0 Å². The Hall–Kier alpha value is -2.89. The third-order valence-corrected chi connectivity index (χ3v) is 5.06. The highest BCUT2D eigenvalue weighted by molar-refractivity contribution is 5.98. The van der Waals surface area contributed by atoms with Crippen LogP contribution in [0.25, 0.3) is 10.9 Å². The van der Waals surface area contributed by atoms with Gasteiger partial charge in [0.05, 0.1) is 5.69 Å². The zero-order valence-electron chi connectivity index (χ0n) is 14.9. The second-order valence-corrected chi connectivity index (χ2v) is 6.84. The van der Waals surface area contributed by atoms with Gasteiger partial charge in [-0.3, -0.25) is 9.78 Å². The normalized spacial score (nSPS) is 17.4. The smallest absolute Gasteiger partial charge is 0.270 e. The van der Waals surface area contributed by atoms with E-state index in [-0.39, 0.29) is 5.91 Å². The fraction of sp³-hybridized carbons (Fsp3) is 0.350. The quantitative estimate of drug-likeness (QED) is 0.759. The SMILES string of the molecule is CNc1nccnc1C[C@H]1CCCN(C(=O)c2cc3ccccc3[nH]2)C1. The summed E-state index contributed by atoms with van der Waals surface area (Å²) in [6.07, 6.45) is 6.39. The Morgan fingerprint density at radius 1 is 1.31 bits per heavy atom. The number of hydrogen-bond donors (Lipinski definition) is 2. The van der Waals surface area contributed by atoms with E-state index < -0.39 is 0 Å². The minimum Gasteiger partial charge on any atom is -0.372 e. The second-order valence-electron chi connectivity index (χ2n) is 6.84. The van der Waals surface area contributed by atoms with Crippen LogP contribution in [0.4, 0.5) is 5.82 Å². The predicted octanol–water partition coefficient (Wildman–Crippen LogP) is 3.09. The summed E-state index contributed by atoms with van der Waals surface area (Å²) in [6.45, 7) is 1.57. The highest BCUT2D eigenvalue weighted by Crippen LogP contribution is 2.24. The van der Waals surface area contributed by atoms with Gasteiger partial charge in [-0.2, -0.15) is 0 Å². The Kier molecular flexibility index (Phi) is 4.56. The molecule has 0 saturated carbocycles. The highest BCUT2D eigenvalue weighted by Gasteiger charge is 2.26. The number of carbonyl (C=O) groups is 1. The van der Waals surface area contributed by atoms with Gasteiger partial charge >= 0.3 is 0 Å². The van der Waals surface area contributed by atoms with E-state index in [9.17, 15) is 4.79 Å². The maximum absolute atomic E-state index is 12.9. The van der Waals surface area contributed by atoms with Crippen molar-refractivity contribution in [3.8, 4) is 0 Å². The minimum absolute atomic E-state index is 0.0823. The lowest BCUT2D eigenvalue weighted by Gasteiger charge is -2.32. The number of carbonyl (C=O) groups excluding carboxylic acids is 1. The molecule has 6 nitrogen and oxygen atoms in total. The van der Waals surface area contributed by atoms with Gasteiger partial charge in [0.25, 0.3) is 5.91 Å².